The molecule has 0 saturated carbocycles. The van der Waals surface area contributed by atoms with Crippen LogP contribution in [-0.4, -0.2) is 64.2 Å². The number of carbonyl (C=O) groups is 2. The van der Waals surface area contributed by atoms with Gasteiger partial charge in [0.15, 0.2) is 0 Å². The Morgan fingerprint density at radius 2 is 1.66 bits per heavy atom. The summed E-state index contributed by atoms with van der Waals surface area (Å²) in [6.07, 6.45) is 0.975. The highest BCUT2D eigenvalue weighted by atomic mass is 32.2. The molecule has 2 amide bonds. The molecule has 0 heterocycles. The van der Waals surface area contributed by atoms with Crippen LogP contribution >= 0.6 is 0 Å². The van der Waals surface area contributed by atoms with E-state index < -0.39 is 40.2 Å². The lowest BCUT2D eigenvalue weighted by molar-refractivity contribution is -0.139. The van der Waals surface area contributed by atoms with E-state index in [0.29, 0.717) is 11.3 Å². The molecule has 0 aromatic heterocycles. The minimum atomic E-state index is -3.93. The molecule has 2 aromatic carbocycles. The van der Waals surface area contributed by atoms with Crippen molar-refractivity contribution in [2.45, 2.75) is 39.4 Å². The van der Waals surface area contributed by atoms with Gasteiger partial charge in [0.2, 0.25) is 21.8 Å². The van der Waals surface area contributed by atoms with E-state index in [1.54, 1.807) is 26.8 Å². The standard InChI is InChI=1S/C24H32FN3O6S/c1-16(2)26-24(30)17(3)27(14-18-7-9-19(25)10-8-18)23(29)15-28(35(6,31)32)21-12-11-20(33-4)13-22(21)34-5/h7-13,16-17H,14-15H2,1-6H3,(H,26,30)/t17-/m1/s1. The third kappa shape index (κ3) is 7.57. The van der Waals surface area contributed by atoms with Gasteiger partial charge >= 0.3 is 0 Å². The Hall–Kier alpha value is -3.34. The molecule has 2 aromatic rings. The number of anilines is 1. The van der Waals surface area contributed by atoms with Gasteiger partial charge in [-0.15, -0.1) is 0 Å². The second-order valence-corrected chi connectivity index (χ2v) is 10.2. The van der Waals surface area contributed by atoms with Gasteiger partial charge in [-0.25, -0.2) is 12.8 Å². The molecule has 0 bridgehead atoms. The lowest BCUT2D eigenvalue weighted by Gasteiger charge is -2.32. The number of rotatable bonds is 11. The molecule has 192 valence electrons. The summed E-state index contributed by atoms with van der Waals surface area (Å²) < 4.78 is 50.2. The Balaban J connectivity index is 2.45. The van der Waals surface area contributed by atoms with Crippen LogP contribution in [0.2, 0.25) is 0 Å². The molecule has 0 aliphatic carbocycles. The minimum Gasteiger partial charge on any atom is -0.497 e. The van der Waals surface area contributed by atoms with Gasteiger partial charge in [0.25, 0.3) is 0 Å². The average molecular weight is 510 g/mol. The van der Waals surface area contributed by atoms with Crippen LogP contribution in [0.3, 0.4) is 0 Å². The van der Waals surface area contributed by atoms with Crippen molar-refractivity contribution in [3.05, 3.63) is 53.8 Å². The molecule has 11 heteroatoms. The van der Waals surface area contributed by atoms with Gasteiger partial charge in [0, 0.05) is 18.7 Å². The maximum absolute atomic E-state index is 13.5. The number of carbonyl (C=O) groups excluding carboxylic acids is 2. The van der Waals surface area contributed by atoms with E-state index in [2.05, 4.69) is 5.32 Å². The third-order valence-electron chi connectivity index (χ3n) is 5.20. The highest BCUT2D eigenvalue weighted by Gasteiger charge is 2.31. The maximum Gasteiger partial charge on any atom is 0.244 e. The summed E-state index contributed by atoms with van der Waals surface area (Å²) in [5.41, 5.74) is 0.724. The summed E-state index contributed by atoms with van der Waals surface area (Å²) in [6, 6.07) is 8.96. The van der Waals surface area contributed by atoms with Gasteiger partial charge in [-0.1, -0.05) is 12.1 Å². The van der Waals surface area contributed by atoms with Crippen molar-refractivity contribution in [1.29, 1.82) is 0 Å². The zero-order chi connectivity index (χ0) is 26.3. The Bertz CT molecular complexity index is 1140. The van der Waals surface area contributed by atoms with E-state index >= 15 is 0 Å². The van der Waals surface area contributed by atoms with Gasteiger partial charge < -0.3 is 19.7 Å². The van der Waals surface area contributed by atoms with E-state index in [4.69, 9.17) is 9.47 Å². The Morgan fingerprint density at radius 3 is 2.17 bits per heavy atom. The van der Waals surface area contributed by atoms with Crippen molar-refractivity contribution in [2.24, 2.45) is 0 Å². The Labute approximate surface area is 205 Å². The molecule has 9 nitrogen and oxygen atoms in total. The largest absolute Gasteiger partial charge is 0.497 e. The van der Waals surface area contributed by atoms with Crippen LogP contribution in [-0.2, 0) is 26.2 Å². The summed E-state index contributed by atoms with van der Waals surface area (Å²) in [4.78, 5) is 27.5. The van der Waals surface area contributed by atoms with Crippen molar-refractivity contribution in [1.82, 2.24) is 10.2 Å². The molecule has 0 unspecified atom stereocenters. The molecule has 0 fully saturated rings. The fraction of sp³-hybridized carbons (Fsp3) is 0.417. The van der Waals surface area contributed by atoms with E-state index in [-0.39, 0.29) is 24.0 Å². The highest BCUT2D eigenvalue weighted by molar-refractivity contribution is 7.92. The van der Waals surface area contributed by atoms with E-state index in [9.17, 15) is 22.4 Å². The number of hydrogen-bond acceptors (Lipinski definition) is 6. The normalized spacial score (nSPS) is 12.1. The van der Waals surface area contributed by atoms with Crippen LogP contribution < -0.4 is 19.1 Å². The number of benzene rings is 2. The number of hydrogen-bond donors (Lipinski definition) is 1. The number of halogens is 1. The van der Waals surface area contributed by atoms with Crippen LogP contribution in [0.5, 0.6) is 11.5 Å². The fourth-order valence-corrected chi connectivity index (χ4v) is 4.21. The zero-order valence-electron chi connectivity index (χ0n) is 20.7. The molecule has 2 rings (SSSR count). The molecule has 0 saturated heterocycles. The van der Waals surface area contributed by atoms with Crippen LogP contribution in [0.1, 0.15) is 26.3 Å². The number of ether oxygens (including phenoxy) is 2. The van der Waals surface area contributed by atoms with Crippen molar-refractivity contribution >= 4 is 27.5 Å². The molecule has 0 radical (unpaired) electrons. The number of amides is 2. The van der Waals surface area contributed by atoms with Crippen molar-refractivity contribution < 1.29 is 31.9 Å². The van der Waals surface area contributed by atoms with Crippen LogP contribution in [0, 0.1) is 5.82 Å². The SMILES string of the molecule is COc1ccc(N(CC(=O)N(Cc2ccc(F)cc2)[C@H](C)C(=O)NC(C)C)S(C)(=O)=O)c(OC)c1. The predicted molar refractivity (Wildman–Crippen MR) is 131 cm³/mol. The third-order valence-corrected chi connectivity index (χ3v) is 6.33. The topological polar surface area (TPSA) is 105 Å². The summed E-state index contributed by atoms with van der Waals surface area (Å²) in [6.45, 7) is 4.53. The molecule has 0 aliphatic heterocycles. The van der Waals surface area contributed by atoms with E-state index in [1.807, 2.05) is 0 Å². The number of sulfonamides is 1. The molecular weight excluding hydrogens is 477 g/mol. The Kier molecular flexibility index (Phi) is 9.47. The van der Waals surface area contributed by atoms with Crippen LogP contribution in [0.4, 0.5) is 10.1 Å². The average Bonchev–Trinajstić information content (AvgIpc) is 2.80. The Morgan fingerprint density at radius 1 is 1.03 bits per heavy atom. The lowest BCUT2D eigenvalue weighted by atomic mass is 10.1. The van der Waals surface area contributed by atoms with Gasteiger partial charge in [-0.05, 0) is 50.6 Å². The first-order valence-electron chi connectivity index (χ1n) is 10.9. The molecular formula is C24H32FN3O6S. The summed E-state index contributed by atoms with van der Waals surface area (Å²) in [5, 5.41) is 2.76. The van der Waals surface area contributed by atoms with Crippen LogP contribution in [0.25, 0.3) is 0 Å². The maximum atomic E-state index is 13.5. The predicted octanol–water partition coefficient (Wildman–Crippen LogP) is 2.55. The first kappa shape index (κ1) is 27.9. The van der Waals surface area contributed by atoms with E-state index in [1.165, 1.54) is 55.5 Å². The molecule has 0 spiro atoms. The van der Waals surface area contributed by atoms with Crippen molar-refractivity contribution in [2.75, 3.05) is 31.3 Å². The van der Waals surface area contributed by atoms with E-state index in [0.717, 1.165) is 10.6 Å². The van der Waals surface area contributed by atoms with Gasteiger partial charge in [0.1, 0.15) is 29.9 Å². The lowest BCUT2D eigenvalue weighted by Crippen LogP contribution is -2.52. The molecule has 1 atom stereocenters. The monoisotopic (exact) mass is 509 g/mol. The quantitative estimate of drug-likeness (QED) is 0.499. The highest BCUT2D eigenvalue weighted by Crippen LogP contribution is 2.33. The van der Waals surface area contributed by atoms with Crippen molar-refractivity contribution in [3.8, 4) is 11.5 Å². The minimum absolute atomic E-state index is 0.0247. The molecule has 35 heavy (non-hydrogen) atoms. The van der Waals surface area contributed by atoms with Crippen LogP contribution in [0.15, 0.2) is 42.5 Å². The second-order valence-electron chi connectivity index (χ2n) is 8.29. The summed E-state index contributed by atoms with van der Waals surface area (Å²) >= 11 is 0. The molecule has 0 aliphatic rings. The van der Waals surface area contributed by atoms with Crippen molar-refractivity contribution in [3.63, 3.8) is 0 Å². The molecule has 1 N–H and O–H groups in total. The second kappa shape index (κ2) is 11.9. The smallest absolute Gasteiger partial charge is 0.244 e. The first-order valence-corrected chi connectivity index (χ1v) is 12.8. The number of methoxy groups -OCH3 is 2. The zero-order valence-corrected chi connectivity index (χ0v) is 21.6. The van der Waals surface area contributed by atoms with Gasteiger partial charge in [-0.3, -0.25) is 13.9 Å². The van der Waals surface area contributed by atoms with Gasteiger partial charge in [0.05, 0.1) is 26.2 Å². The first-order chi connectivity index (χ1) is 16.4. The number of nitrogens with zero attached hydrogens (tertiary/aromatic N) is 2. The van der Waals surface area contributed by atoms with Gasteiger partial charge in [-0.2, -0.15) is 0 Å². The number of nitrogens with one attached hydrogen (secondary N) is 1. The summed E-state index contributed by atoms with van der Waals surface area (Å²) in [7, 11) is -1.09. The summed E-state index contributed by atoms with van der Waals surface area (Å²) in [5.74, 6) is -0.819. The fourth-order valence-electron chi connectivity index (χ4n) is 3.36.